The van der Waals surface area contributed by atoms with Crippen LogP contribution in [0.3, 0.4) is 0 Å². The Morgan fingerprint density at radius 3 is 2.90 bits per heavy atom. The Morgan fingerprint density at radius 2 is 2.30 bits per heavy atom. The lowest BCUT2D eigenvalue weighted by Crippen LogP contribution is -2.11. The van der Waals surface area contributed by atoms with Crippen LogP contribution in [-0.4, -0.2) is 16.6 Å². The van der Waals surface area contributed by atoms with E-state index in [0.717, 1.165) is 16.8 Å². The molecular weight excluding hydrogens is 315 g/mol. The Hall–Kier alpha value is -1.41. The van der Waals surface area contributed by atoms with E-state index in [9.17, 15) is 4.79 Å². The predicted molar refractivity (Wildman–Crippen MR) is 81.4 cm³/mol. The molecule has 3 nitrogen and oxygen atoms in total. The molecule has 0 aliphatic heterocycles. The van der Waals surface area contributed by atoms with Gasteiger partial charge in [-0.15, -0.1) is 22.9 Å². The van der Waals surface area contributed by atoms with Crippen LogP contribution < -0.4 is 0 Å². The number of alkyl halides is 1. The SMILES string of the molecule is Cc1cc(-c2csc(C(C#N)C(=O)CCl)n2)ccc1Cl. The van der Waals surface area contributed by atoms with Crippen molar-refractivity contribution in [3.63, 3.8) is 0 Å². The molecule has 20 heavy (non-hydrogen) atoms. The first-order valence-electron chi connectivity index (χ1n) is 5.77. The van der Waals surface area contributed by atoms with E-state index in [1.807, 2.05) is 30.5 Å². The highest BCUT2D eigenvalue weighted by Gasteiger charge is 2.22. The lowest BCUT2D eigenvalue weighted by atomic mass is 10.1. The molecule has 0 aliphatic rings. The zero-order valence-electron chi connectivity index (χ0n) is 10.6. The molecule has 0 aliphatic carbocycles. The number of nitriles is 1. The van der Waals surface area contributed by atoms with Gasteiger partial charge in [0.25, 0.3) is 0 Å². The largest absolute Gasteiger partial charge is 0.296 e. The molecule has 6 heteroatoms. The maximum absolute atomic E-state index is 11.6. The fraction of sp³-hybridized carbons (Fsp3) is 0.214. The number of aromatic nitrogens is 1. The number of hydrogen-bond acceptors (Lipinski definition) is 4. The first-order chi connectivity index (χ1) is 9.56. The van der Waals surface area contributed by atoms with Crippen molar-refractivity contribution in [2.24, 2.45) is 0 Å². The van der Waals surface area contributed by atoms with E-state index >= 15 is 0 Å². The molecule has 0 amide bonds. The minimum Gasteiger partial charge on any atom is -0.296 e. The molecule has 0 saturated heterocycles. The van der Waals surface area contributed by atoms with Crippen molar-refractivity contribution in [2.75, 3.05) is 5.88 Å². The number of ketones is 1. The van der Waals surface area contributed by atoms with Gasteiger partial charge >= 0.3 is 0 Å². The predicted octanol–water partition coefficient (Wildman–Crippen LogP) is 4.19. The summed E-state index contributed by atoms with van der Waals surface area (Å²) < 4.78 is 0. The van der Waals surface area contributed by atoms with Gasteiger partial charge in [-0.05, 0) is 24.6 Å². The maximum atomic E-state index is 11.6. The number of carbonyl (C=O) groups is 1. The summed E-state index contributed by atoms with van der Waals surface area (Å²) in [6.45, 7) is 1.91. The second-order valence-electron chi connectivity index (χ2n) is 4.20. The number of Topliss-reactive ketones (excluding diaryl/α,β-unsaturated/α-hetero) is 1. The normalized spacial score (nSPS) is 11.9. The van der Waals surface area contributed by atoms with E-state index in [1.165, 1.54) is 11.3 Å². The van der Waals surface area contributed by atoms with Crippen molar-refractivity contribution in [1.82, 2.24) is 4.98 Å². The number of rotatable bonds is 4. The highest BCUT2D eigenvalue weighted by molar-refractivity contribution is 7.10. The number of carbonyl (C=O) groups excluding carboxylic acids is 1. The number of nitrogens with zero attached hydrogens (tertiary/aromatic N) is 2. The fourth-order valence-electron chi connectivity index (χ4n) is 1.70. The van der Waals surface area contributed by atoms with Crippen molar-refractivity contribution in [1.29, 1.82) is 5.26 Å². The van der Waals surface area contributed by atoms with Gasteiger partial charge in [0.2, 0.25) is 0 Å². The van der Waals surface area contributed by atoms with Crippen LogP contribution in [0.5, 0.6) is 0 Å². The van der Waals surface area contributed by atoms with Gasteiger partial charge in [0.15, 0.2) is 11.7 Å². The van der Waals surface area contributed by atoms with E-state index in [0.29, 0.717) is 10.0 Å². The summed E-state index contributed by atoms with van der Waals surface area (Å²) in [6.07, 6.45) is 0. The Balaban J connectivity index is 2.35. The molecule has 0 spiro atoms. The highest BCUT2D eigenvalue weighted by Crippen LogP contribution is 2.29. The van der Waals surface area contributed by atoms with Gasteiger partial charge in [-0.2, -0.15) is 5.26 Å². The molecule has 1 atom stereocenters. The maximum Gasteiger partial charge on any atom is 0.171 e. The highest BCUT2D eigenvalue weighted by atomic mass is 35.5. The van der Waals surface area contributed by atoms with Crippen LogP contribution in [0.4, 0.5) is 0 Å². The second-order valence-corrected chi connectivity index (χ2v) is 5.76. The topological polar surface area (TPSA) is 53.8 Å². The van der Waals surface area contributed by atoms with Gasteiger partial charge in [-0.1, -0.05) is 17.7 Å². The zero-order valence-corrected chi connectivity index (χ0v) is 12.9. The van der Waals surface area contributed by atoms with Crippen molar-refractivity contribution in [3.8, 4) is 17.3 Å². The van der Waals surface area contributed by atoms with E-state index in [2.05, 4.69) is 4.98 Å². The van der Waals surface area contributed by atoms with Crippen molar-refractivity contribution in [2.45, 2.75) is 12.8 Å². The van der Waals surface area contributed by atoms with Crippen LogP contribution >= 0.6 is 34.5 Å². The Morgan fingerprint density at radius 1 is 1.55 bits per heavy atom. The number of aryl methyl sites for hydroxylation is 1. The van der Waals surface area contributed by atoms with Crippen LogP contribution in [0.15, 0.2) is 23.6 Å². The molecule has 102 valence electrons. The van der Waals surface area contributed by atoms with E-state index in [4.69, 9.17) is 28.5 Å². The van der Waals surface area contributed by atoms with Crippen molar-refractivity contribution in [3.05, 3.63) is 39.2 Å². The number of halogens is 2. The van der Waals surface area contributed by atoms with E-state index in [-0.39, 0.29) is 11.7 Å². The van der Waals surface area contributed by atoms with Crippen LogP contribution in [0, 0.1) is 18.3 Å². The molecule has 1 unspecified atom stereocenters. The zero-order chi connectivity index (χ0) is 14.7. The van der Waals surface area contributed by atoms with E-state index in [1.54, 1.807) is 6.07 Å². The van der Waals surface area contributed by atoms with Gasteiger partial charge in [0.1, 0.15) is 5.01 Å². The molecule has 2 rings (SSSR count). The quantitative estimate of drug-likeness (QED) is 0.792. The molecule has 0 saturated carbocycles. The average molecular weight is 325 g/mol. The summed E-state index contributed by atoms with van der Waals surface area (Å²) in [5, 5.41) is 12.0. The van der Waals surface area contributed by atoms with Crippen LogP contribution in [0.25, 0.3) is 11.3 Å². The summed E-state index contributed by atoms with van der Waals surface area (Å²) in [7, 11) is 0. The molecule has 0 bridgehead atoms. The molecular formula is C14H10Cl2N2OS. The van der Waals surface area contributed by atoms with Crippen LogP contribution in [0.2, 0.25) is 5.02 Å². The van der Waals surface area contributed by atoms with Gasteiger partial charge in [0.05, 0.1) is 17.6 Å². The van der Waals surface area contributed by atoms with Gasteiger partial charge in [-0.25, -0.2) is 4.98 Å². The third-order valence-corrected chi connectivity index (χ3v) is 4.40. The Bertz CT molecular complexity index is 691. The molecule has 0 radical (unpaired) electrons. The van der Waals surface area contributed by atoms with Crippen molar-refractivity contribution >= 4 is 40.3 Å². The number of hydrogen-bond donors (Lipinski definition) is 0. The smallest absolute Gasteiger partial charge is 0.171 e. The fourth-order valence-corrected chi connectivity index (χ4v) is 2.86. The standard InChI is InChI=1S/C14H10Cl2N2OS/c1-8-4-9(2-3-11(8)16)12-7-20-14(18-12)10(6-17)13(19)5-15/h2-4,7,10H,5H2,1H3. The Labute approximate surface area is 130 Å². The molecule has 1 aromatic heterocycles. The molecule has 0 N–H and O–H groups in total. The van der Waals surface area contributed by atoms with Crippen molar-refractivity contribution < 1.29 is 4.79 Å². The van der Waals surface area contributed by atoms with Gasteiger partial charge in [-0.3, -0.25) is 4.79 Å². The third kappa shape index (κ3) is 3.01. The molecule has 1 aromatic carbocycles. The first-order valence-corrected chi connectivity index (χ1v) is 7.56. The Kier molecular flexibility index (Phi) is 4.77. The lowest BCUT2D eigenvalue weighted by Gasteiger charge is -2.02. The first kappa shape index (κ1) is 15.0. The van der Waals surface area contributed by atoms with Gasteiger partial charge in [0, 0.05) is 16.0 Å². The van der Waals surface area contributed by atoms with Crippen LogP contribution in [-0.2, 0) is 4.79 Å². The number of benzene rings is 1. The molecule has 2 aromatic rings. The molecule has 0 fully saturated rings. The third-order valence-electron chi connectivity index (χ3n) is 2.81. The van der Waals surface area contributed by atoms with Crippen LogP contribution in [0.1, 0.15) is 16.5 Å². The summed E-state index contributed by atoms with van der Waals surface area (Å²) in [5.74, 6) is -1.41. The summed E-state index contributed by atoms with van der Waals surface area (Å²) in [4.78, 5) is 15.9. The monoisotopic (exact) mass is 324 g/mol. The van der Waals surface area contributed by atoms with Gasteiger partial charge < -0.3 is 0 Å². The second kappa shape index (κ2) is 6.36. The summed E-state index contributed by atoms with van der Waals surface area (Å²) in [5.41, 5.74) is 2.59. The van der Waals surface area contributed by atoms with E-state index < -0.39 is 5.92 Å². The summed E-state index contributed by atoms with van der Waals surface area (Å²) in [6, 6.07) is 7.53. The lowest BCUT2D eigenvalue weighted by molar-refractivity contribution is -0.117. The summed E-state index contributed by atoms with van der Waals surface area (Å²) >= 11 is 12.8. The average Bonchev–Trinajstić information content (AvgIpc) is 2.92. The number of thiazole rings is 1. The molecule has 1 heterocycles. The minimum absolute atomic E-state index is 0.187. The minimum atomic E-state index is -0.889.